The molecule has 7 nitrogen and oxygen atoms in total. The van der Waals surface area contributed by atoms with Gasteiger partial charge < -0.3 is 19.2 Å². The third-order valence-corrected chi connectivity index (χ3v) is 5.45. The van der Waals surface area contributed by atoms with Crippen LogP contribution in [0.3, 0.4) is 0 Å². The van der Waals surface area contributed by atoms with Crippen LogP contribution in [0.1, 0.15) is 40.9 Å². The lowest BCUT2D eigenvalue weighted by Crippen LogP contribution is -2.45. The third-order valence-electron chi connectivity index (χ3n) is 5.45. The molecule has 0 aliphatic heterocycles. The van der Waals surface area contributed by atoms with Gasteiger partial charge in [0.2, 0.25) is 0 Å². The number of benzene rings is 2. The Morgan fingerprint density at radius 1 is 1.06 bits per heavy atom. The number of rotatable bonds is 7. The minimum Gasteiger partial charge on any atom is -0.497 e. The zero-order valence-electron chi connectivity index (χ0n) is 18.9. The van der Waals surface area contributed by atoms with Crippen LogP contribution in [0.15, 0.2) is 51.7 Å². The Labute approximate surface area is 186 Å². The lowest BCUT2D eigenvalue weighted by molar-refractivity contribution is -0.148. The number of carbonyl (C=O) groups excluding carboxylic acids is 2. The van der Waals surface area contributed by atoms with Crippen molar-refractivity contribution in [2.45, 2.75) is 40.3 Å². The molecule has 1 atom stereocenters. The zero-order chi connectivity index (χ0) is 23.4. The second-order valence-corrected chi connectivity index (χ2v) is 8.01. The fourth-order valence-corrected chi connectivity index (χ4v) is 3.35. The normalized spacial score (nSPS) is 11.9. The number of fused-ring (bicyclic) bond motifs is 1. The molecular formula is C25H27NO6. The highest BCUT2D eigenvalue weighted by Gasteiger charge is 2.26. The molecule has 7 heteroatoms. The molecule has 0 spiro atoms. The van der Waals surface area contributed by atoms with E-state index in [1.807, 2.05) is 39.8 Å². The van der Waals surface area contributed by atoms with Crippen molar-refractivity contribution in [3.8, 4) is 5.75 Å². The monoisotopic (exact) mass is 437 g/mol. The van der Waals surface area contributed by atoms with E-state index in [0.717, 1.165) is 11.1 Å². The minimum absolute atomic E-state index is 0.106. The predicted octanol–water partition coefficient (Wildman–Crippen LogP) is 3.92. The van der Waals surface area contributed by atoms with Gasteiger partial charge in [0.25, 0.3) is 5.91 Å². The van der Waals surface area contributed by atoms with Crippen LogP contribution in [0.4, 0.5) is 0 Å². The molecule has 0 aliphatic rings. The predicted molar refractivity (Wildman–Crippen MR) is 121 cm³/mol. The van der Waals surface area contributed by atoms with Crippen molar-refractivity contribution in [3.05, 3.63) is 75.1 Å². The molecule has 1 N–H and O–H groups in total. The zero-order valence-corrected chi connectivity index (χ0v) is 18.9. The SMILES string of the molecule is COc1ccc(C(=O)N[C@H](C(=O)OCc2cc(=O)oc3c(C)c(C)ccc23)C(C)C)cc1. The summed E-state index contributed by atoms with van der Waals surface area (Å²) < 4.78 is 16.0. The second-order valence-electron chi connectivity index (χ2n) is 8.01. The molecule has 0 saturated carbocycles. The standard InChI is InChI=1S/C25H27NO6/c1-14(2)22(26-24(28)17-7-9-19(30-5)10-8-17)25(29)31-13-18-12-21(27)32-23-16(4)15(3)6-11-20(18)23/h6-12,14,22H,13H2,1-5H3,(H,26,28)/t22-/m0/s1. The van der Waals surface area contributed by atoms with Gasteiger partial charge in [-0.15, -0.1) is 0 Å². The van der Waals surface area contributed by atoms with Crippen LogP contribution in [0.2, 0.25) is 0 Å². The Hall–Kier alpha value is -3.61. The van der Waals surface area contributed by atoms with Gasteiger partial charge in [-0.3, -0.25) is 4.79 Å². The maximum Gasteiger partial charge on any atom is 0.336 e. The maximum absolute atomic E-state index is 12.8. The first-order chi connectivity index (χ1) is 15.2. The van der Waals surface area contributed by atoms with E-state index in [1.165, 1.54) is 6.07 Å². The molecule has 3 aromatic rings. The Morgan fingerprint density at radius 2 is 1.75 bits per heavy atom. The molecule has 2 aromatic carbocycles. The van der Waals surface area contributed by atoms with Gasteiger partial charge >= 0.3 is 11.6 Å². The van der Waals surface area contributed by atoms with E-state index in [-0.39, 0.29) is 18.4 Å². The molecular weight excluding hydrogens is 410 g/mol. The summed E-state index contributed by atoms with van der Waals surface area (Å²) in [6, 6.07) is 10.8. The summed E-state index contributed by atoms with van der Waals surface area (Å²) in [6.45, 7) is 7.34. The molecule has 3 rings (SSSR count). The summed E-state index contributed by atoms with van der Waals surface area (Å²) in [5, 5.41) is 3.45. The Balaban J connectivity index is 1.76. The number of hydrogen-bond donors (Lipinski definition) is 1. The minimum atomic E-state index is -0.847. The molecule has 32 heavy (non-hydrogen) atoms. The number of aryl methyl sites for hydroxylation is 2. The van der Waals surface area contributed by atoms with E-state index in [4.69, 9.17) is 13.9 Å². The van der Waals surface area contributed by atoms with Crippen molar-refractivity contribution in [1.29, 1.82) is 0 Å². The molecule has 0 aliphatic carbocycles. The topological polar surface area (TPSA) is 94.8 Å². The summed E-state index contributed by atoms with van der Waals surface area (Å²) in [6.07, 6.45) is 0. The molecule has 0 saturated heterocycles. The van der Waals surface area contributed by atoms with Crippen molar-refractivity contribution in [3.63, 3.8) is 0 Å². The van der Waals surface area contributed by atoms with E-state index in [2.05, 4.69) is 5.32 Å². The smallest absolute Gasteiger partial charge is 0.336 e. The number of ether oxygens (including phenoxy) is 2. The van der Waals surface area contributed by atoms with E-state index in [9.17, 15) is 14.4 Å². The van der Waals surface area contributed by atoms with E-state index >= 15 is 0 Å². The first-order valence-corrected chi connectivity index (χ1v) is 10.4. The molecule has 0 fully saturated rings. The molecule has 0 bridgehead atoms. The highest BCUT2D eigenvalue weighted by molar-refractivity contribution is 5.97. The van der Waals surface area contributed by atoms with Crippen molar-refractivity contribution in [2.75, 3.05) is 7.11 Å². The van der Waals surface area contributed by atoms with Crippen molar-refractivity contribution in [1.82, 2.24) is 5.32 Å². The van der Waals surface area contributed by atoms with Crippen LogP contribution in [0.25, 0.3) is 11.0 Å². The van der Waals surface area contributed by atoms with Gasteiger partial charge in [0, 0.05) is 22.6 Å². The quantitative estimate of drug-likeness (QED) is 0.445. The van der Waals surface area contributed by atoms with Gasteiger partial charge in [-0.05, 0) is 55.2 Å². The van der Waals surface area contributed by atoms with Gasteiger partial charge in [0.15, 0.2) is 0 Å². The Morgan fingerprint density at radius 3 is 2.38 bits per heavy atom. The molecule has 0 unspecified atom stereocenters. The maximum atomic E-state index is 12.8. The molecule has 168 valence electrons. The number of nitrogens with one attached hydrogen (secondary N) is 1. The van der Waals surface area contributed by atoms with E-state index < -0.39 is 17.6 Å². The van der Waals surface area contributed by atoms with Crippen molar-refractivity contribution in [2.24, 2.45) is 5.92 Å². The number of amides is 1. The Bertz CT molecular complexity index is 1190. The molecule has 0 radical (unpaired) electrons. The number of carbonyl (C=O) groups is 2. The average Bonchev–Trinajstić information content (AvgIpc) is 2.78. The highest BCUT2D eigenvalue weighted by Crippen LogP contribution is 2.24. The van der Waals surface area contributed by atoms with Crippen molar-refractivity contribution >= 4 is 22.8 Å². The summed E-state index contributed by atoms with van der Waals surface area (Å²) in [5.74, 6) is -0.536. The summed E-state index contributed by atoms with van der Waals surface area (Å²) in [7, 11) is 1.54. The molecule has 1 heterocycles. The number of esters is 1. The first kappa shape index (κ1) is 23.1. The molecule has 1 aromatic heterocycles. The van der Waals surface area contributed by atoms with Gasteiger partial charge in [-0.1, -0.05) is 26.0 Å². The second kappa shape index (κ2) is 9.68. The fourth-order valence-electron chi connectivity index (χ4n) is 3.35. The van der Waals surface area contributed by atoms with Crippen LogP contribution in [0.5, 0.6) is 5.75 Å². The third kappa shape index (κ3) is 4.99. The van der Waals surface area contributed by atoms with Crippen LogP contribution >= 0.6 is 0 Å². The summed E-state index contributed by atoms with van der Waals surface area (Å²) in [4.78, 5) is 37.5. The van der Waals surface area contributed by atoms with E-state index in [0.29, 0.717) is 27.8 Å². The average molecular weight is 437 g/mol. The van der Waals surface area contributed by atoms with Gasteiger partial charge in [-0.2, -0.15) is 0 Å². The van der Waals surface area contributed by atoms with Crippen LogP contribution in [-0.2, 0) is 16.1 Å². The summed E-state index contributed by atoms with van der Waals surface area (Å²) in [5.41, 5.74) is 2.79. The van der Waals surface area contributed by atoms with Gasteiger partial charge in [0.1, 0.15) is 24.0 Å². The van der Waals surface area contributed by atoms with Crippen LogP contribution in [0, 0.1) is 19.8 Å². The molecule has 1 amide bonds. The largest absolute Gasteiger partial charge is 0.497 e. The van der Waals surface area contributed by atoms with Crippen LogP contribution in [-0.4, -0.2) is 25.0 Å². The summed E-state index contributed by atoms with van der Waals surface area (Å²) >= 11 is 0. The Kier molecular flexibility index (Phi) is 6.98. The first-order valence-electron chi connectivity index (χ1n) is 10.4. The lowest BCUT2D eigenvalue weighted by Gasteiger charge is -2.21. The highest BCUT2D eigenvalue weighted by atomic mass is 16.5. The number of methoxy groups -OCH3 is 1. The number of hydrogen-bond acceptors (Lipinski definition) is 6. The lowest BCUT2D eigenvalue weighted by atomic mass is 10.0. The fraction of sp³-hybridized carbons (Fsp3) is 0.320. The van der Waals surface area contributed by atoms with E-state index in [1.54, 1.807) is 31.4 Å². The van der Waals surface area contributed by atoms with Gasteiger partial charge in [0.05, 0.1) is 7.11 Å². The van der Waals surface area contributed by atoms with Crippen molar-refractivity contribution < 1.29 is 23.5 Å². The van der Waals surface area contributed by atoms with Crippen LogP contribution < -0.4 is 15.7 Å². The van der Waals surface area contributed by atoms with Gasteiger partial charge in [-0.25, -0.2) is 9.59 Å².